The van der Waals surface area contributed by atoms with Gasteiger partial charge in [-0.25, -0.2) is 13.4 Å². The first-order chi connectivity index (χ1) is 14.2. The second kappa shape index (κ2) is 7.82. The third-order valence-electron chi connectivity index (χ3n) is 5.06. The largest absolute Gasteiger partial charge is 0.373 e. The van der Waals surface area contributed by atoms with Gasteiger partial charge in [-0.15, -0.1) is 0 Å². The number of aromatic nitrogens is 2. The molecular formula is C21H24N4O4S. The summed E-state index contributed by atoms with van der Waals surface area (Å²) in [6, 6.07) is 11.8. The number of pyridine rings is 1. The standard InChI is InChI=1S/C21H24N4O4S/c1-14-5-4-6-20-23-19(13-25(14)20)21(26)22-17-7-9-18(10-8-17)30(27,28)24-11-15(2)29-16(3)12-24/h4-10,13,15-16H,11-12H2,1-3H3,(H,22,26)/t15-,16+. The third-order valence-corrected chi connectivity index (χ3v) is 6.91. The fourth-order valence-electron chi connectivity index (χ4n) is 3.64. The summed E-state index contributed by atoms with van der Waals surface area (Å²) in [5.74, 6) is -0.357. The SMILES string of the molecule is Cc1cccc2nc(C(=O)Nc3ccc(S(=O)(=O)N4C[C@@H](C)O[C@@H](C)C4)cc3)cn12. The molecule has 9 heteroatoms. The van der Waals surface area contributed by atoms with Crippen molar-refractivity contribution in [2.24, 2.45) is 0 Å². The van der Waals surface area contributed by atoms with Gasteiger partial charge in [0.25, 0.3) is 5.91 Å². The summed E-state index contributed by atoms with van der Waals surface area (Å²) in [7, 11) is -3.62. The number of nitrogens with zero attached hydrogens (tertiary/aromatic N) is 3. The van der Waals surface area contributed by atoms with Crippen molar-refractivity contribution in [1.82, 2.24) is 13.7 Å². The van der Waals surface area contributed by atoms with Crippen LogP contribution in [0.2, 0.25) is 0 Å². The molecular weight excluding hydrogens is 404 g/mol. The van der Waals surface area contributed by atoms with Crippen molar-refractivity contribution < 1.29 is 17.9 Å². The number of aryl methyl sites for hydroxylation is 1. The molecule has 158 valence electrons. The molecule has 1 amide bonds. The number of ether oxygens (including phenoxy) is 1. The Balaban J connectivity index is 1.50. The minimum Gasteiger partial charge on any atom is -0.373 e. The Bertz CT molecular complexity index is 1180. The minimum atomic E-state index is -3.62. The van der Waals surface area contributed by atoms with Crippen molar-refractivity contribution in [3.05, 3.63) is 60.0 Å². The summed E-state index contributed by atoms with van der Waals surface area (Å²) in [5.41, 5.74) is 2.45. The van der Waals surface area contributed by atoms with E-state index in [1.165, 1.54) is 16.4 Å². The molecule has 0 bridgehead atoms. The Labute approximate surface area is 175 Å². The second-order valence-electron chi connectivity index (χ2n) is 7.58. The molecule has 1 fully saturated rings. The molecule has 0 spiro atoms. The maximum absolute atomic E-state index is 12.9. The van der Waals surface area contributed by atoms with E-state index in [1.807, 2.05) is 43.4 Å². The van der Waals surface area contributed by atoms with Gasteiger partial charge in [0, 0.05) is 30.7 Å². The maximum atomic E-state index is 12.9. The molecule has 0 unspecified atom stereocenters. The fourth-order valence-corrected chi connectivity index (χ4v) is 5.23. The van der Waals surface area contributed by atoms with E-state index in [1.54, 1.807) is 18.3 Å². The van der Waals surface area contributed by atoms with Crippen molar-refractivity contribution in [3.8, 4) is 0 Å². The van der Waals surface area contributed by atoms with Crippen LogP contribution in [0.1, 0.15) is 30.0 Å². The Morgan fingerprint density at radius 2 is 1.77 bits per heavy atom. The number of amides is 1. The summed E-state index contributed by atoms with van der Waals surface area (Å²) in [5, 5.41) is 2.77. The number of fused-ring (bicyclic) bond motifs is 1. The van der Waals surface area contributed by atoms with Crippen molar-refractivity contribution >= 4 is 27.3 Å². The van der Waals surface area contributed by atoms with Gasteiger partial charge in [-0.05, 0) is 57.2 Å². The van der Waals surface area contributed by atoms with Crippen LogP contribution < -0.4 is 5.32 Å². The molecule has 8 nitrogen and oxygen atoms in total. The van der Waals surface area contributed by atoms with Crippen molar-refractivity contribution in [3.63, 3.8) is 0 Å². The van der Waals surface area contributed by atoms with Crippen LogP contribution in [0.5, 0.6) is 0 Å². The lowest BCUT2D eigenvalue weighted by Crippen LogP contribution is -2.48. The molecule has 3 heterocycles. The Hall–Kier alpha value is -2.75. The van der Waals surface area contributed by atoms with E-state index in [-0.39, 0.29) is 28.7 Å². The van der Waals surface area contributed by atoms with Crippen molar-refractivity contribution in [2.45, 2.75) is 37.9 Å². The number of carbonyl (C=O) groups excluding carboxylic acids is 1. The predicted octanol–water partition coefficient (Wildman–Crippen LogP) is 2.69. The Morgan fingerprint density at radius 3 is 2.40 bits per heavy atom. The zero-order valence-corrected chi connectivity index (χ0v) is 17.9. The van der Waals surface area contributed by atoms with Gasteiger partial charge in [0.1, 0.15) is 11.3 Å². The van der Waals surface area contributed by atoms with Crippen LogP contribution in [-0.2, 0) is 14.8 Å². The van der Waals surface area contributed by atoms with Gasteiger partial charge in [0.15, 0.2) is 0 Å². The molecule has 2 aromatic heterocycles. The number of rotatable bonds is 4. The van der Waals surface area contributed by atoms with Gasteiger partial charge < -0.3 is 14.5 Å². The first kappa shape index (κ1) is 20.5. The molecule has 2 atom stereocenters. The molecule has 1 aliphatic heterocycles. The smallest absolute Gasteiger partial charge is 0.275 e. The minimum absolute atomic E-state index is 0.156. The molecule has 0 aliphatic carbocycles. The maximum Gasteiger partial charge on any atom is 0.275 e. The van der Waals surface area contributed by atoms with Crippen LogP contribution in [0.15, 0.2) is 53.6 Å². The van der Waals surface area contributed by atoms with E-state index in [4.69, 9.17) is 4.74 Å². The number of hydrogen-bond acceptors (Lipinski definition) is 5. The van der Waals surface area contributed by atoms with E-state index in [2.05, 4.69) is 10.3 Å². The lowest BCUT2D eigenvalue weighted by molar-refractivity contribution is -0.0440. The number of hydrogen-bond donors (Lipinski definition) is 1. The summed E-state index contributed by atoms with van der Waals surface area (Å²) in [4.78, 5) is 17.1. The second-order valence-corrected chi connectivity index (χ2v) is 9.52. The normalized spacial score (nSPS) is 20.4. The van der Waals surface area contributed by atoms with Crippen molar-refractivity contribution in [2.75, 3.05) is 18.4 Å². The highest BCUT2D eigenvalue weighted by Gasteiger charge is 2.32. The van der Waals surface area contributed by atoms with Gasteiger partial charge in [0.05, 0.1) is 17.1 Å². The number of carbonyl (C=O) groups is 1. The summed E-state index contributed by atoms with van der Waals surface area (Å²) in [6.07, 6.45) is 1.37. The number of anilines is 1. The first-order valence-electron chi connectivity index (χ1n) is 9.76. The lowest BCUT2D eigenvalue weighted by atomic mass is 10.3. The van der Waals surface area contributed by atoms with E-state index in [0.717, 1.165) is 5.69 Å². The molecule has 1 aromatic carbocycles. The van der Waals surface area contributed by atoms with Crippen LogP contribution in [0, 0.1) is 6.92 Å². The highest BCUT2D eigenvalue weighted by Crippen LogP contribution is 2.23. The predicted molar refractivity (Wildman–Crippen MR) is 113 cm³/mol. The highest BCUT2D eigenvalue weighted by atomic mass is 32.2. The van der Waals surface area contributed by atoms with Crippen LogP contribution >= 0.6 is 0 Å². The average Bonchev–Trinajstić information content (AvgIpc) is 3.14. The summed E-state index contributed by atoms with van der Waals surface area (Å²) in [6.45, 7) is 6.29. The first-order valence-corrected chi connectivity index (χ1v) is 11.2. The molecule has 4 rings (SSSR count). The number of imidazole rings is 1. The number of morpholine rings is 1. The Kier molecular flexibility index (Phi) is 5.35. The van der Waals surface area contributed by atoms with Gasteiger partial charge in [-0.3, -0.25) is 4.79 Å². The average molecular weight is 429 g/mol. The van der Waals surface area contributed by atoms with Gasteiger partial charge >= 0.3 is 0 Å². The molecule has 0 saturated carbocycles. The number of nitrogens with one attached hydrogen (secondary N) is 1. The topological polar surface area (TPSA) is 93.0 Å². The highest BCUT2D eigenvalue weighted by molar-refractivity contribution is 7.89. The molecule has 0 radical (unpaired) electrons. The quantitative estimate of drug-likeness (QED) is 0.690. The van der Waals surface area contributed by atoms with Crippen LogP contribution in [-0.4, -0.2) is 53.3 Å². The van der Waals surface area contributed by atoms with Crippen LogP contribution in [0.25, 0.3) is 5.65 Å². The van der Waals surface area contributed by atoms with E-state index < -0.39 is 10.0 Å². The molecule has 1 N–H and O–H groups in total. The zero-order valence-electron chi connectivity index (χ0n) is 17.1. The van der Waals surface area contributed by atoms with Gasteiger partial charge in [-0.1, -0.05) is 6.07 Å². The fraction of sp³-hybridized carbons (Fsp3) is 0.333. The molecule has 30 heavy (non-hydrogen) atoms. The molecule has 1 saturated heterocycles. The summed E-state index contributed by atoms with van der Waals surface area (Å²) < 4.78 is 34.8. The van der Waals surface area contributed by atoms with Crippen molar-refractivity contribution in [1.29, 1.82) is 0 Å². The van der Waals surface area contributed by atoms with Gasteiger partial charge in [-0.2, -0.15) is 4.31 Å². The van der Waals surface area contributed by atoms with E-state index in [0.29, 0.717) is 24.4 Å². The van der Waals surface area contributed by atoms with Crippen LogP contribution in [0.3, 0.4) is 0 Å². The number of sulfonamides is 1. The van der Waals surface area contributed by atoms with E-state index in [9.17, 15) is 13.2 Å². The Morgan fingerprint density at radius 1 is 1.10 bits per heavy atom. The van der Waals surface area contributed by atoms with Crippen LogP contribution in [0.4, 0.5) is 5.69 Å². The lowest BCUT2D eigenvalue weighted by Gasteiger charge is -2.34. The molecule has 1 aliphatic rings. The van der Waals surface area contributed by atoms with Gasteiger partial charge in [0.2, 0.25) is 10.0 Å². The molecule has 3 aromatic rings. The summed E-state index contributed by atoms with van der Waals surface area (Å²) >= 11 is 0. The monoisotopic (exact) mass is 428 g/mol. The van der Waals surface area contributed by atoms with E-state index >= 15 is 0 Å². The third kappa shape index (κ3) is 3.96. The zero-order chi connectivity index (χ0) is 21.5. The number of benzene rings is 1.